The minimum Gasteiger partial charge on any atom is -0.381 e. The second kappa shape index (κ2) is 4.66. The quantitative estimate of drug-likeness (QED) is 0.826. The summed E-state index contributed by atoms with van der Waals surface area (Å²) < 4.78 is 0. The summed E-state index contributed by atoms with van der Waals surface area (Å²) in [6.07, 6.45) is 2.47. The van der Waals surface area contributed by atoms with Crippen molar-refractivity contribution in [3.8, 4) is 11.1 Å². The summed E-state index contributed by atoms with van der Waals surface area (Å²) in [6, 6.07) is 9.56. The van der Waals surface area contributed by atoms with Gasteiger partial charge in [0.2, 0.25) is 0 Å². The number of hydrogen-bond donors (Lipinski definition) is 2. The highest BCUT2D eigenvalue weighted by molar-refractivity contribution is 7.08. The summed E-state index contributed by atoms with van der Waals surface area (Å²) in [5.41, 5.74) is 5.72. The van der Waals surface area contributed by atoms with Gasteiger partial charge < -0.3 is 10.6 Å². The van der Waals surface area contributed by atoms with Crippen molar-refractivity contribution in [3.05, 3.63) is 40.6 Å². The summed E-state index contributed by atoms with van der Waals surface area (Å²) in [6.45, 7) is 2.27. The zero-order valence-electron chi connectivity index (χ0n) is 10.9. The van der Waals surface area contributed by atoms with Crippen LogP contribution in [0.5, 0.6) is 0 Å². The van der Waals surface area contributed by atoms with Crippen molar-refractivity contribution in [2.24, 2.45) is 0 Å². The Balaban J connectivity index is 1.83. The maximum Gasteiger partial charge on any atom is 0.0384 e. The molecule has 0 saturated carbocycles. The Morgan fingerprint density at radius 2 is 2.05 bits per heavy atom. The minimum absolute atomic E-state index is 0.616. The SMILES string of the molecule is c1cc2c(c(-c3ccsc3)c1)[C@@H]1CCNCC[C@@H]1N2. The average Bonchev–Trinajstić information content (AvgIpc) is 3.02. The van der Waals surface area contributed by atoms with Crippen molar-refractivity contribution >= 4 is 17.0 Å². The molecule has 2 nitrogen and oxygen atoms in total. The van der Waals surface area contributed by atoms with Crippen LogP contribution in [0.25, 0.3) is 11.1 Å². The third-order valence-corrected chi connectivity index (χ3v) is 5.08. The molecule has 1 fully saturated rings. The molecule has 0 aliphatic carbocycles. The molecule has 0 bridgehead atoms. The van der Waals surface area contributed by atoms with Gasteiger partial charge in [-0.2, -0.15) is 11.3 Å². The van der Waals surface area contributed by atoms with Crippen LogP contribution in [-0.4, -0.2) is 19.1 Å². The molecule has 0 spiro atoms. The van der Waals surface area contributed by atoms with Crippen LogP contribution in [0.15, 0.2) is 35.0 Å². The predicted octanol–water partition coefficient (Wildman–Crippen LogP) is 3.68. The van der Waals surface area contributed by atoms with E-state index in [4.69, 9.17) is 0 Å². The number of benzene rings is 1. The van der Waals surface area contributed by atoms with Gasteiger partial charge in [-0.25, -0.2) is 0 Å². The van der Waals surface area contributed by atoms with Crippen molar-refractivity contribution in [1.82, 2.24) is 5.32 Å². The summed E-state index contributed by atoms with van der Waals surface area (Å²) in [7, 11) is 0. The van der Waals surface area contributed by atoms with E-state index < -0.39 is 0 Å². The van der Waals surface area contributed by atoms with Crippen LogP contribution >= 0.6 is 11.3 Å². The Morgan fingerprint density at radius 1 is 1.11 bits per heavy atom. The molecule has 0 radical (unpaired) electrons. The maximum atomic E-state index is 3.74. The predicted molar refractivity (Wildman–Crippen MR) is 82.0 cm³/mol. The monoisotopic (exact) mass is 270 g/mol. The van der Waals surface area contributed by atoms with Crippen LogP contribution in [0.4, 0.5) is 5.69 Å². The summed E-state index contributed by atoms with van der Waals surface area (Å²) in [4.78, 5) is 0. The lowest BCUT2D eigenvalue weighted by molar-refractivity contribution is 0.579. The van der Waals surface area contributed by atoms with Crippen LogP contribution in [0, 0.1) is 0 Å². The largest absolute Gasteiger partial charge is 0.381 e. The van der Waals surface area contributed by atoms with Crippen LogP contribution in [0.2, 0.25) is 0 Å². The van der Waals surface area contributed by atoms with E-state index in [0.29, 0.717) is 12.0 Å². The van der Waals surface area contributed by atoms with Crippen LogP contribution in [-0.2, 0) is 0 Å². The molecule has 2 atom stereocenters. The lowest BCUT2D eigenvalue weighted by Crippen LogP contribution is -2.21. The fraction of sp³-hybridized carbons (Fsp3) is 0.375. The zero-order valence-corrected chi connectivity index (χ0v) is 11.7. The van der Waals surface area contributed by atoms with Gasteiger partial charge in [0.05, 0.1) is 0 Å². The van der Waals surface area contributed by atoms with Gasteiger partial charge in [-0.05, 0) is 65.5 Å². The normalized spacial score (nSPS) is 25.3. The Hall–Kier alpha value is -1.32. The van der Waals surface area contributed by atoms with Gasteiger partial charge in [0, 0.05) is 17.6 Å². The molecule has 0 amide bonds. The maximum absolute atomic E-state index is 3.74. The smallest absolute Gasteiger partial charge is 0.0384 e. The molecule has 0 unspecified atom stereocenters. The van der Waals surface area contributed by atoms with E-state index >= 15 is 0 Å². The van der Waals surface area contributed by atoms with Crippen molar-refractivity contribution in [2.75, 3.05) is 18.4 Å². The summed E-state index contributed by atoms with van der Waals surface area (Å²) >= 11 is 1.78. The molecule has 1 aromatic heterocycles. The summed E-state index contributed by atoms with van der Waals surface area (Å²) in [5.74, 6) is 0.668. The molecule has 3 heteroatoms. The van der Waals surface area contributed by atoms with E-state index in [-0.39, 0.29) is 0 Å². The van der Waals surface area contributed by atoms with Gasteiger partial charge in [0.25, 0.3) is 0 Å². The Bertz CT molecular complexity index is 576. The van der Waals surface area contributed by atoms with E-state index in [9.17, 15) is 0 Å². The molecule has 98 valence electrons. The molecule has 19 heavy (non-hydrogen) atoms. The lowest BCUT2D eigenvalue weighted by Gasteiger charge is -2.17. The number of fused-ring (bicyclic) bond motifs is 3. The Morgan fingerprint density at radius 3 is 2.95 bits per heavy atom. The number of thiophene rings is 1. The topological polar surface area (TPSA) is 24.1 Å². The molecular formula is C16H18N2S. The third kappa shape index (κ3) is 1.88. The summed E-state index contributed by atoms with van der Waals surface area (Å²) in [5, 5.41) is 11.7. The Kier molecular flexibility index (Phi) is 2.82. The van der Waals surface area contributed by atoms with E-state index in [1.807, 2.05) is 0 Å². The van der Waals surface area contributed by atoms with E-state index in [1.165, 1.54) is 29.7 Å². The highest BCUT2D eigenvalue weighted by Crippen LogP contribution is 2.45. The molecule has 2 aliphatic rings. The highest BCUT2D eigenvalue weighted by Gasteiger charge is 2.34. The first-order valence-electron chi connectivity index (χ1n) is 7.06. The number of anilines is 1. The van der Waals surface area contributed by atoms with Crippen molar-refractivity contribution in [3.63, 3.8) is 0 Å². The van der Waals surface area contributed by atoms with Gasteiger partial charge >= 0.3 is 0 Å². The van der Waals surface area contributed by atoms with E-state index in [0.717, 1.165) is 13.1 Å². The molecule has 2 aromatic rings. The van der Waals surface area contributed by atoms with Crippen molar-refractivity contribution in [2.45, 2.75) is 24.8 Å². The van der Waals surface area contributed by atoms with Gasteiger partial charge in [0.1, 0.15) is 0 Å². The van der Waals surface area contributed by atoms with E-state index in [2.05, 4.69) is 45.7 Å². The zero-order chi connectivity index (χ0) is 12.7. The molecule has 1 saturated heterocycles. The van der Waals surface area contributed by atoms with Crippen molar-refractivity contribution in [1.29, 1.82) is 0 Å². The first kappa shape index (κ1) is 11.5. The van der Waals surface area contributed by atoms with Crippen LogP contribution in [0.3, 0.4) is 0 Å². The minimum atomic E-state index is 0.616. The first-order valence-corrected chi connectivity index (χ1v) is 8.00. The molecule has 2 aliphatic heterocycles. The van der Waals surface area contributed by atoms with Gasteiger partial charge in [-0.3, -0.25) is 0 Å². The van der Waals surface area contributed by atoms with Gasteiger partial charge in [0.15, 0.2) is 0 Å². The standard InChI is InChI=1S/C16H18N2S/c1-2-12(11-6-9-19-10-11)16-13-4-7-17-8-5-14(13)18-15(16)3-1/h1-3,6,9-10,13-14,17-18H,4-5,7-8H2/t13-,14+/m1/s1. The number of nitrogens with one attached hydrogen (secondary N) is 2. The molecule has 3 heterocycles. The molecule has 1 aromatic carbocycles. The fourth-order valence-corrected chi connectivity index (χ4v) is 4.18. The van der Waals surface area contributed by atoms with Crippen LogP contribution in [0.1, 0.15) is 24.3 Å². The first-order chi connectivity index (χ1) is 9.43. The lowest BCUT2D eigenvalue weighted by atomic mass is 9.86. The Labute approximate surface area is 117 Å². The third-order valence-electron chi connectivity index (χ3n) is 4.40. The van der Waals surface area contributed by atoms with Crippen molar-refractivity contribution < 1.29 is 0 Å². The number of hydrogen-bond acceptors (Lipinski definition) is 3. The van der Waals surface area contributed by atoms with E-state index in [1.54, 1.807) is 16.9 Å². The second-order valence-electron chi connectivity index (χ2n) is 5.46. The van der Waals surface area contributed by atoms with Crippen LogP contribution < -0.4 is 10.6 Å². The highest BCUT2D eigenvalue weighted by atomic mass is 32.1. The molecule has 2 N–H and O–H groups in total. The fourth-order valence-electron chi connectivity index (χ4n) is 3.52. The molecular weight excluding hydrogens is 252 g/mol. The van der Waals surface area contributed by atoms with Gasteiger partial charge in [-0.15, -0.1) is 0 Å². The average molecular weight is 270 g/mol. The number of rotatable bonds is 1. The second-order valence-corrected chi connectivity index (χ2v) is 6.24. The molecule has 4 rings (SSSR count). The van der Waals surface area contributed by atoms with Gasteiger partial charge in [-0.1, -0.05) is 12.1 Å².